The average molecular weight is 257 g/mol. The third-order valence-electron chi connectivity index (χ3n) is 3.63. The third kappa shape index (κ3) is 3.18. The molecule has 1 aromatic rings. The highest BCUT2D eigenvalue weighted by molar-refractivity contribution is 6.30. The van der Waals surface area contributed by atoms with Crippen LogP contribution in [0.5, 0.6) is 0 Å². The predicted molar refractivity (Wildman–Crippen MR) is 68.2 cm³/mol. The molecule has 0 saturated heterocycles. The first-order valence-electron chi connectivity index (χ1n) is 6.10. The summed E-state index contributed by atoms with van der Waals surface area (Å²) in [6.45, 7) is 0. The summed E-state index contributed by atoms with van der Waals surface area (Å²) in [5, 5.41) is 0.573. The quantitative estimate of drug-likeness (QED) is 0.642. The van der Waals surface area contributed by atoms with Crippen molar-refractivity contribution in [2.24, 2.45) is 11.8 Å². The minimum atomic E-state index is -0.201. The monoisotopic (exact) mass is 256 g/mol. The molecule has 0 bridgehead atoms. The van der Waals surface area contributed by atoms with Gasteiger partial charge in [0.05, 0.1) is 0 Å². The van der Waals surface area contributed by atoms with Crippen molar-refractivity contribution in [1.82, 2.24) is 5.43 Å². The zero-order valence-corrected chi connectivity index (χ0v) is 10.5. The molecule has 0 aliphatic heterocycles. The van der Waals surface area contributed by atoms with E-state index in [0.717, 1.165) is 0 Å². The van der Waals surface area contributed by atoms with Crippen LogP contribution in [0.15, 0.2) is 18.2 Å². The molecular weight excluding hydrogens is 239 g/mol. The molecule has 1 unspecified atom stereocenters. The number of hydrazine groups is 1. The van der Waals surface area contributed by atoms with Crippen LogP contribution in [0.1, 0.15) is 31.2 Å². The molecule has 0 radical (unpaired) electrons. The van der Waals surface area contributed by atoms with Crippen LogP contribution in [0.25, 0.3) is 0 Å². The molecule has 1 atom stereocenters. The Labute approximate surface area is 106 Å². The third-order valence-corrected chi connectivity index (χ3v) is 3.87. The van der Waals surface area contributed by atoms with Crippen molar-refractivity contribution in [3.8, 4) is 0 Å². The summed E-state index contributed by atoms with van der Waals surface area (Å²) >= 11 is 5.88. The van der Waals surface area contributed by atoms with Gasteiger partial charge in [-0.1, -0.05) is 24.4 Å². The van der Waals surface area contributed by atoms with Gasteiger partial charge in [-0.05, 0) is 48.9 Å². The molecule has 1 aromatic carbocycles. The maximum absolute atomic E-state index is 13.6. The molecule has 3 N–H and O–H groups in total. The van der Waals surface area contributed by atoms with E-state index in [0.29, 0.717) is 22.9 Å². The summed E-state index contributed by atoms with van der Waals surface area (Å²) < 4.78 is 13.6. The van der Waals surface area contributed by atoms with Gasteiger partial charge in [-0.3, -0.25) is 11.3 Å². The molecule has 4 heteroatoms. The molecule has 0 spiro atoms. The van der Waals surface area contributed by atoms with E-state index in [9.17, 15) is 4.39 Å². The molecule has 0 aromatic heterocycles. The van der Waals surface area contributed by atoms with Crippen molar-refractivity contribution >= 4 is 11.6 Å². The molecule has 2 rings (SSSR count). The van der Waals surface area contributed by atoms with E-state index >= 15 is 0 Å². The topological polar surface area (TPSA) is 38.0 Å². The lowest BCUT2D eigenvalue weighted by molar-refractivity contribution is 0.358. The van der Waals surface area contributed by atoms with Gasteiger partial charge >= 0.3 is 0 Å². The summed E-state index contributed by atoms with van der Waals surface area (Å²) in [7, 11) is 0. The highest BCUT2D eigenvalue weighted by atomic mass is 35.5. The smallest absolute Gasteiger partial charge is 0.126 e. The SMILES string of the molecule is NNC(Cc1cc(Cl)ccc1F)C1CCCC1. The van der Waals surface area contributed by atoms with Crippen LogP contribution in [0.4, 0.5) is 4.39 Å². The standard InChI is InChI=1S/C13H18ClFN2/c14-11-5-6-12(15)10(7-11)8-13(17-16)9-3-1-2-4-9/h5-7,9,13,17H,1-4,8,16H2. The van der Waals surface area contributed by atoms with E-state index in [-0.39, 0.29) is 11.9 Å². The minimum Gasteiger partial charge on any atom is -0.271 e. The van der Waals surface area contributed by atoms with Gasteiger partial charge in [-0.15, -0.1) is 0 Å². The second kappa shape index (κ2) is 5.80. The summed E-state index contributed by atoms with van der Waals surface area (Å²) in [6, 6.07) is 4.82. The average Bonchev–Trinajstić information content (AvgIpc) is 2.84. The van der Waals surface area contributed by atoms with Crippen molar-refractivity contribution in [1.29, 1.82) is 0 Å². The Morgan fingerprint density at radius 3 is 2.76 bits per heavy atom. The van der Waals surface area contributed by atoms with Gasteiger partial charge in [0, 0.05) is 11.1 Å². The minimum absolute atomic E-state index is 0.144. The Morgan fingerprint density at radius 1 is 1.41 bits per heavy atom. The van der Waals surface area contributed by atoms with Crippen molar-refractivity contribution < 1.29 is 4.39 Å². The van der Waals surface area contributed by atoms with E-state index < -0.39 is 0 Å². The van der Waals surface area contributed by atoms with Gasteiger partial charge in [0.25, 0.3) is 0 Å². The van der Waals surface area contributed by atoms with E-state index in [1.807, 2.05) is 0 Å². The fourth-order valence-electron chi connectivity index (χ4n) is 2.66. The van der Waals surface area contributed by atoms with Crippen molar-refractivity contribution in [2.45, 2.75) is 38.1 Å². The Hall–Kier alpha value is -0.640. The number of nitrogens with two attached hydrogens (primary N) is 1. The number of nitrogens with one attached hydrogen (secondary N) is 1. The summed E-state index contributed by atoms with van der Waals surface area (Å²) in [5.41, 5.74) is 3.48. The van der Waals surface area contributed by atoms with E-state index in [1.165, 1.54) is 31.7 Å². The van der Waals surface area contributed by atoms with E-state index in [4.69, 9.17) is 17.4 Å². The Bertz CT molecular complexity index is 378. The van der Waals surface area contributed by atoms with Crippen LogP contribution in [-0.4, -0.2) is 6.04 Å². The first-order chi connectivity index (χ1) is 8.20. The van der Waals surface area contributed by atoms with Crippen LogP contribution >= 0.6 is 11.6 Å². The van der Waals surface area contributed by atoms with Crippen LogP contribution in [0.3, 0.4) is 0 Å². The Kier molecular flexibility index (Phi) is 4.37. The second-order valence-electron chi connectivity index (χ2n) is 4.76. The second-order valence-corrected chi connectivity index (χ2v) is 5.19. The maximum atomic E-state index is 13.6. The van der Waals surface area contributed by atoms with Crippen LogP contribution in [0.2, 0.25) is 5.02 Å². The van der Waals surface area contributed by atoms with Crippen molar-refractivity contribution in [3.05, 3.63) is 34.6 Å². The molecule has 2 nitrogen and oxygen atoms in total. The number of halogens is 2. The van der Waals surface area contributed by atoms with Gasteiger partial charge in [0.1, 0.15) is 5.82 Å². The lowest BCUT2D eigenvalue weighted by Gasteiger charge is -2.22. The van der Waals surface area contributed by atoms with Gasteiger partial charge in [-0.25, -0.2) is 4.39 Å². The zero-order valence-electron chi connectivity index (χ0n) is 9.76. The lowest BCUT2D eigenvalue weighted by atomic mass is 9.92. The molecule has 94 valence electrons. The Morgan fingerprint density at radius 2 is 2.12 bits per heavy atom. The number of hydrogen-bond donors (Lipinski definition) is 2. The Balaban J connectivity index is 2.09. The van der Waals surface area contributed by atoms with Gasteiger partial charge < -0.3 is 0 Å². The maximum Gasteiger partial charge on any atom is 0.126 e. The highest BCUT2D eigenvalue weighted by Crippen LogP contribution is 2.29. The number of benzene rings is 1. The fourth-order valence-corrected chi connectivity index (χ4v) is 2.85. The van der Waals surface area contributed by atoms with Gasteiger partial charge in [0.15, 0.2) is 0 Å². The molecule has 17 heavy (non-hydrogen) atoms. The molecular formula is C13H18ClFN2. The van der Waals surface area contributed by atoms with E-state index in [1.54, 1.807) is 12.1 Å². The zero-order chi connectivity index (χ0) is 12.3. The predicted octanol–water partition coefficient (Wildman–Crippen LogP) is 3.04. The van der Waals surface area contributed by atoms with Crippen LogP contribution in [-0.2, 0) is 6.42 Å². The normalized spacial score (nSPS) is 18.5. The number of hydrogen-bond acceptors (Lipinski definition) is 2. The van der Waals surface area contributed by atoms with Crippen molar-refractivity contribution in [2.75, 3.05) is 0 Å². The largest absolute Gasteiger partial charge is 0.271 e. The molecule has 0 amide bonds. The molecule has 0 heterocycles. The summed E-state index contributed by atoms with van der Waals surface area (Å²) in [6.07, 6.45) is 5.46. The fraction of sp³-hybridized carbons (Fsp3) is 0.538. The molecule has 1 aliphatic carbocycles. The first kappa shape index (κ1) is 12.8. The molecule has 1 saturated carbocycles. The number of rotatable bonds is 4. The van der Waals surface area contributed by atoms with Gasteiger partial charge in [-0.2, -0.15) is 0 Å². The summed E-state index contributed by atoms with van der Waals surface area (Å²) in [5.74, 6) is 5.94. The highest BCUT2D eigenvalue weighted by Gasteiger charge is 2.25. The molecule has 1 aliphatic rings. The van der Waals surface area contributed by atoms with Gasteiger partial charge in [0.2, 0.25) is 0 Å². The summed E-state index contributed by atoms with van der Waals surface area (Å²) in [4.78, 5) is 0. The first-order valence-corrected chi connectivity index (χ1v) is 6.48. The lowest BCUT2D eigenvalue weighted by Crippen LogP contribution is -2.41. The molecule has 1 fully saturated rings. The van der Waals surface area contributed by atoms with Crippen LogP contribution in [0, 0.1) is 11.7 Å². The van der Waals surface area contributed by atoms with Crippen molar-refractivity contribution in [3.63, 3.8) is 0 Å². The van der Waals surface area contributed by atoms with E-state index in [2.05, 4.69) is 5.43 Å². The van der Waals surface area contributed by atoms with Crippen LogP contribution < -0.4 is 11.3 Å².